The third-order valence-corrected chi connectivity index (χ3v) is 1.89. The van der Waals surface area contributed by atoms with Crippen molar-refractivity contribution in [1.82, 2.24) is 0 Å². The Kier molecular flexibility index (Phi) is 6.41. The van der Waals surface area contributed by atoms with Crippen LogP contribution in [0.3, 0.4) is 0 Å². The van der Waals surface area contributed by atoms with E-state index in [0.29, 0.717) is 0 Å². The summed E-state index contributed by atoms with van der Waals surface area (Å²) in [6.07, 6.45) is 0. The second kappa shape index (κ2) is 6.87. The highest BCUT2D eigenvalue weighted by atomic mass is 79.9. The normalized spacial score (nSPS) is 7.83. The van der Waals surface area contributed by atoms with Crippen LogP contribution in [0.5, 0.6) is 0 Å². The zero-order valence-electron chi connectivity index (χ0n) is 7.34. The predicted molar refractivity (Wildman–Crippen MR) is 55.1 cm³/mol. The van der Waals surface area contributed by atoms with Gasteiger partial charge >= 0.3 is 0 Å². The van der Waals surface area contributed by atoms with Gasteiger partial charge in [0.25, 0.3) is 0 Å². The van der Waals surface area contributed by atoms with Crippen molar-refractivity contribution in [3.63, 3.8) is 0 Å². The number of hydrogen-bond acceptors (Lipinski definition) is 1. The molecule has 64 valence electrons. The molecule has 12 heavy (non-hydrogen) atoms. The average molecular weight is 226 g/mol. The standard InChI is InChI=1S/C8H6BrN.C2H6/c9-5-7-3-1-2-4-8(7)6-10;1-2/h1-4H,5H2;1-2H3. The van der Waals surface area contributed by atoms with Gasteiger partial charge in [-0.25, -0.2) is 0 Å². The van der Waals surface area contributed by atoms with Gasteiger partial charge in [0, 0.05) is 5.33 Å². The first-order valence-electron chi connectivity index (χ1n) is 3.92. The number of nitrogens with zero attached hydrogens (tertiary/aromatic N) is 1. The van der Waals surface area contributed by atoms with Crippen LogP contribution in [0.4, 0.5) is 0 Å². The van der Waals surface area contributed by atoms with E-state index in [0.717, 1.165) is 16.5 Å². The summed E-state index contributed by atoms with van der Waals surface area (Å²) in [4.78, 5) is 0. The van der Waals surface area contributed by atoms with Crippen molar-refractivity contribution >= 4 is 15.9 Å². The maximum atomic E-state index is 8.58. The summed E-state index contributed by atoms with van der Waals surface area (Å²) in [5.41, 5.74) is 1.80. The summed E-state index contributed by atoms with van der Waals surface area (Å²) >= 11 is 3.30. The maximum Gasteiger partial charge on any atom is 0.0994 e. The van der Waals surface area contributed by atoms with E-state index in [1.165, 1.54) is 0 Å². The minimum atomic E-state index is 0.747. The Morgan fingerprint density at radius 3 is 2.33 bits per heavy atom. The zero-order valence-corrected chi connectivity index (χ0v) is 8.93. The quantitative estimate of drug-likeness (QED) is 0.672. The molecular formula is C10H12BrN. The van der Waals surface area contributed by atoms with Crippen LogP contribution in [0.1, 0.15) is 25.0 Å². The molecule has 1 nitrogen and oxygen atoms in total. The largest absolute Gasteiger partial charge is 0.192 e. The molecular weight excluding hydrogens is 214 g/mol. The third kappa shape index (κ3) is 3.06. The molecule has 0 fully saturated rings. The molecule has 0 amide bonds. The van der Waals surface area contributed by atoms with Gasteiger partial charge in [0.15, 0.2) is 0 Å². The van der Waals surface area contributed by atoms with E-state index < -0.39 is 0 Å². The van der Waals surface area contributed by atoms with Crippen LogP contribution in [-0.2, 0) is 5.33 Å². The summed E-state index contributed by atoms with van der Waals surface area (Å²) < 4.78 is 0. The minimum absolute atomic E-state index is 0.747. The van der Waals surface area contributed by atoms with Crippen molar-refractivity contribution < 1.29 is 0 Å². The Balaban J connectivity index is 0.000000561. The topological polar surface area (TPSA) is 23.8 Å². The fraction of sp³-hybridized carbons (Fsp3) is 0.300. The second-order valence-corrected chi connectivity index (χ2v) is 2.46. The van der Waals surface area contributed by atoms with Gasteiger partial charge in [-0.2, -0.15) is 5.26 Å². The fourth-order valence-electron chi connectivity index (χ4n) is 0.746. The molecule has 0 bridgehead atoms. The molecule has 0 aromatic heterocycles. The molecule has 0 unspecified atom stereocenters. The Hall–Kier alpha value is -0.810. The van der Waals surface area contributed by atoms with Gasteiger partial charge in [0.2, 0.25) is 0 Å². The molecule has 0 spiro atoms. The highest BCUT2D eigenvalue weighted by Gasteiger charge is 1.95. The molecule has 0 aliphatic heterocycles. The Morgan fingerprint density at radius 1 is 1.33 bits per heavy atom. The molecule has 0 atom stereocenters. The highest BCUT2D eigenvalue weighted by Crippen LogP contribution is 2.10. The van der Waals surface area contributed by atoms with Crippen LogP contribution >= 0.6 is 15.9 Å². The Labute approximate surface area is 82.2 Å². The van der Waals surface area contributed by atoms with Crippen LogP contribution in [0.15, 0.2) is 24.3 Å². The first-order chi connectivity index (χ1) is 5.88. The summed E-state index contributed by atoms with van der Waals surface area (Å²) in [5.74, 6) is 0. The number of nitriles is 1. The lowest BCUT2D eigenvalue weighted by Gasteiger charge is -1.95. The van der Waals surface area contributed by atoms with Gasteiger partial charge in [-0.1, -0.05) is 48.0 Å². The smallest absolute Gasteiger partial charge is 0.0994 e. The Morgan fingerprint density at radius 2 is 1.92 bits per heavy atom. The summed E-state index contributed by atoms with van der Waals surface area (Å²) in [7, 11) is 0. The number of alkyl halides is 1. The lowest BCUT2D eigenvalue weighted by atomic mass is 10.1. The first-order valence-corrected chi connectivity index (χ1v) is 5.04. The molecule has 0 heterocycles. The van der Waals surface area contributed by atoms with Crippen molar-refractivity contribution in [2.75, 3.05) is 0 Å². The van der Waals surface area contributed by atoms with Crippen LogP contribution in [-0.4, -0.2) is 0 Å². The zero-order chi connectivity index (χ0) is 9.40. The lowest BCUT2D eigenvalue weighted by molar-refractivity contribution is 1.37. The highest BCUT2D eigenvalue weighted by molar-refractivity contribution is 9.08. The van der Waals surface area contributed by atoms with E-state index in [4.69, 9.17) is 5.26 Å². The van der Waals surface area contributed by atoms with Crippen molar-refractivity contribution in [2.45, 2.75) is 19.2 Å². The number of rotatable bonds is 1. The van der Waals surface area contributed by atoms with Gasteiger partial charge in [-0.3, -0.25) is 0 Å². The van der Waals surface area contributed by atoms with Gasteiger partial charge in [-0.05, 0) is 11.6 Å². The molecule has 0 radical (unpaired) electrons. The fourth-order valence-corrected chi connectivity index (χ4v) is 1.23. The average Bonchev–Trinajstić information content (AvgIpc) is 2.20. The van der Waals surface area contributed by atoms with E-state index in [2.05, 4.69) is 22.0 Å². The monoisotopic (exact) mass is 225 g/mol. The first kappa shape index (κ1) is 11.2. The van der Waals surface area contributed by atoms with Gasteiger partial charge in [0.05, 0.1) is 11.6 Å². The van der Waals surface area contributed by atoms with Crippen LogP contribution in [0.25, 0.3) is 0 Å². The van der Waals surface area contributed by atoms with E-state index in [1.807, 2.05) is 38.1 Å². The molecule has 0 N–H and O–H groups in total. The minimum Gasteiger partial charge on any atom is -0.192 e. The van der Waals surface area contributed by atoms with E-state index in [9.17, 15) is 0 Å². The number of halogens is 1. The van der Waals surface area contributed by atoms with Crippen molar-refractivity contribution in [2.24, 2.45) is 0 Å². The molecule has 1 rings (SSSR count). The molecule has 1 aromatic carbocycles. The van der Waals surface area contributed by atoms with Crippen LogP contribution in [0, 0.1) is 11.3 Å². The van der Waals surface area contributed by atoms with Gasteiger partial charge in [-0.15, -0.1) is 0 Å². The SMILES string of the molecule is CC.N#Cc1ccccc1CBr. The Bertz CT molecular complexity index is 263. The van der Waals surface area contributed by atoms with Gasteiger partial charge < -0.3 is 0 Å². The molecule has 2 heteroatoms. The van der Waals surface area contributed by atoms with E-state index >= 15 is 0 Å². The molecule has 0 aliphatic rings. The summed E-state index contributed by atoms with van der Waals surface area (Å²) in [6, 6.07) is 9.66. The molecule has 0 saturated heterocycles. The van der Waals surface area contributed by atoms with Gasteiger partial charge in [0.1, 0.15) is 0 Å². The summed E-state index contributed by atoms with van der Waals surface area (Å²) in [5, 5.41) is 9.33. The third-order valence-electron chi connectivity index (χ3n) is 1.28. The van der Waals surface area contributed by atoms with Crippen LogP contribution in [0.2, 0.25) is 0 Å². The molecule has 0 saturated carbocycles. The maximum absolute atomic E-state index is 8.58. The second-order valence-electron chi connectivity index (χ2n) is 1.90. The number of benzene rings is 1. The summed E-state index contributed by atoms with van der Waals surface area (Å²) in [6.45, 7) is 4.00. The van der Waals surface area contributed by atoms with E-state index in [1.54, 1.807) is 0 Å². The van der Waals surface area contributed by atoms with Crippen molar-refractivity contribution in [3.8, 4) is 6.07 Å². The molecule has 1 aromatic rings. The predicted octanol–water partition coefficient (Wildman–Crippen LogP) is 3.48. The number of hydrogen-bond donors (Lipinski definition) is 0. The van der Waals surface area contributed by atoms with Crippen molar-refractivity contribution in [3.05, 3.63) is 35.4 Å². The van der Waals surface area contributed by atoms with Crippen LogP contribution < -0.4 is 0 Å². The van der Waals surface area contributed by atoms with Crippen molar-refractivity contribution in [1.29, 1.82) is 5.26 Å². The molecule has 0 aliphatic carbocycles. The van der Waals surface area contributed by atoms with E-state index in [-0.39, 0.29) is 0 Å². The lowest BCUT2D eigenvalue weighted by Crippen LogP contribution is -1.82.